The van der Waals surface area contributed by atoms with Crippen LogP contribution >= 0.6 is 11.6 Å². The predicted molar refractivity (Wildman–Crippen MR) is 113 cm³/mol. The molecule has 4 rings (SSSR count). The van der Waals surface area contributed by atoms with Crippen molar-refractivity contribution in [1.29, 1.82) is 0 Å². The van der Waals surface area contributed by atoms with E-state index in [1.54, 1.807) is 79.9 Å². The highest BCUT2D eigenvalue weighted by molar-refractivity contribution is 6.30. The van der Waals surface area contributed by atoms with Crippen LogP contribution < -0.4 is 15.0 Å². The molecule has 0 unspecified atom stereocenters. The van der Waals surface area contributed by atoms with Gasteiger partial charge < -0.3 is 9.47 Å². The number of rotatable bonds is 4. The minimum atomic E-state index is -0.583. The second-order valence-corrected chi connectivity index (χ2v) is 6.75. The Labute approximate surface area is 171 Å². The number of fused-ring (bicyclic) bond motifs is 1. The van der Waals surface area contributed by atoms with Crippen molar-refractivity contribution in [1.82, 2.24) is 4.57 Å². The molecule has 3 aromatic carbocycles. The lowest BCUT2D eigenvalue weighted by molar-refractivity contribution is 0.0736. The lowest BCUT2D eigenvalue weighted by atomic mass is 10.1. The van der Waals surface area contributed by atoms with Crippen molar-refractivity contribution < 1.29 is 14.3 Å². The Hall–Kier alpha value is -3.57. The van der Waals surface area contributed by atoms with Crippen molar-refractivity contribution in [3.8, 4) is 17.2 Å². The normalized spacial score (nSPS) is 10.7. The molecule has 0 spiro atoms. The van der Waals surface area contributed by atoms with Crippen molar-refractivity contribution in [2.45, 2.75) is 0 Å². The Balaban J connectivity index is 1.88. The van der Waals surface area contributed by atoms with E-state index >= 15 is 0 Å². The van der Waals surface area contributed by atoms with Crippen LogP contribution in [-0.4, -0.2) is 17.6 Å². The molecule has 29 heavy (non-hydrogen) atoms. The Bertz CT molecular complexity index is 1280. The topological polar surface area (TPSA) is 57.5 Å². The van der Waals surface area contributed by atoms with Gasteiger partial charge in [-0.15, -0.1) is 0 Å². The van der Waals surface area contributed by atoms with Gasteiger partial charge >= 0.3 is 5.97 Å². The molecule has 0 aliphatic carbocycles. The predicted octanol–water partition coefficient (Wildman–Crippen LogP) is 4.87. The molecule has 6 heteroatoms. The molecular weight excluding hydrogens is 390 g/mol. The zero-order valence-electron chi connectivity index (χ0n) is 15.5. The number of halogens is 1. The van der Waals surface area contributed by atoms with Gasteiger partial charge in [0, 0.05) is 28.1 Å². The summed E-state index contributed by atoms with van der Waals surface area (Å²) < 4.78 is 12.2. The Morgan fingerprint density at radius 1 is 0.897 bits per heavy atom. The molecule has 0 radical (unpaired) electrons. The number of carbonyl (C=O) groups is 1. The number of ether oxygens (including phenoxy) is 2. The molecule has 1 heterocycles. The van der Waals surface area contributed by atoms with E-state index in [0.29, 0.717) is 33.0 Å². The van der Waals surface area contributed by atoms with Gasteiger partial charge in [-0.25, -0.2) is 4.79 Å². The Morgan fingerprint density at radius 3 is 2.38 bits per heavy atom. The van der Waals surface area contributed by atoms with Gasteiger partial charge in [-0.2, -0.15) is 0 Å². The molecule has 0 amide bonds. The minimum absolute atomic E-state index is 0.242. The van der Waals surface area contributed by atoms with Gasteiger partial charge in [0.15, 0.2) is 0 Å². The number of hydrogen-bond donors (Lipinski definition) is 0. The highest BCUT2D eigenvalue weighted by Crippen LogP contribution is 2.23. The summed E-state index contributed by atoms with van der Waals surface area (Å²) in [5.74, 6) is 0.344. The molecule has 4 aromatic rings. The number of esters is 1. The van der Waals surface area contributed by atoms with Crippen molar-refractivity contribution in [3.05, 3.63) is 99.9 Å². The van der Waals surface area contributed by atoms with Gasteiger partial charge in [0.2, 0.25) is 0 Å². The average molecular weight is 406 g/mol. The van der Waals surface area contributed by atoms with E-state index in [1.807, 2.05) is 0 Å². The summed E-state index contributed by atoms with van der Waals surface area (Å²) in [4.78, 5) is 26.0. The van der Waals surface area contributed by atoms with Crippen molar-refractivity contribution in [2.24, 2.45) is 0 Å². The highest BCUT2D eigenvalue weighted by atomic mass is 35.5. The van der Waals surface area contributed by atoms with Crippen LogP contribution in [0.2, 0.25) is 5.02 Å². The molecule has 0 saturated carbocycles. The maximum atomic E-state index is 13.1. The average Bonchev–Trinajstić information content (AvgIpc) is 2.74. The maximum Gasteiger partial charge on any atom is 0.345 e. The first-order valence-electron chi connectivity index (χ1n) is 8.83. The Morgan fingerprint density at radius 2 is 1.62 bits per heavy atom. The molecule has 0 aliphatic heterocycles. The van der Waals surface area contributed by atoms with Crippen molar-refractivity contribution in [2.75, 3.05) is 7.11 Å². The first kappa shape index (κ1) is 18.8. The molecule has 0 saturated heterocycles. The van der Waals surface area contributed by atoms with E-state index in [0.717, 1.165) is 0 Å². The van der Waals surface area contributed by atoms with Crippen molar-refractivity contribution in [3.63, 3.8) is 0 Å². The SMILES string of the molecule is COc1cccc(-n2cc(C(=O)Oc3cccc(Cl)c3)c3ccccc3c2=O)c1. The second kappa shape index (κ2) is 7.81. The van der Waals surface area contributed by atoms with Crippen molar-refractivity contribution >= 4 is 28.3 Å². The van der Waals surface area contributed by atoms with Gasteiger partial charge in [-0.05, 0) is 36.4 Å². The summed E-state index contributed by atoms with van der Waals surface area (Å²) in [6.07, 6.45) is 1.49. The van der Waals surface area contributed by atoms with E-state index in [9.17, 15) is 9.59 Å². The fourth-order valence-corrected chi connectivity index (χ4v) is 3.28. The monoisotopic (exact) mass is 405 g/mol. The first-order valence-corrected chi connectivity index (χ1v) is 9.21. The second-order valence-electron chi connectivity index (χ2n) is 6.31. The molecule has 0 aliphatic rings. The third kappa shape index (κ3) is 3.73. The zero-order valence-corrected chi connectivity index (χ0v) is 16.2. The van der Waals surface area contributed by atoms with E-state index in [-0.39, 0.29) is 11.1 Å². The van der Waals surface area contributed by atoms with Gasteiger partial charge in [0.1, 0.15) is 11.5 Å². The van der Waals surface area contributed by atoms with Crippen LogP contribution in [0.15, 0.2) is 83.8 Å². The third-order valence-corrected chi connectivity index (χ3v) is 4.72. The van der Waals surface area contributed by atoms with Gasteiger partial charge in [-0.1, -0.05) is 41.9 Å². The Kier molecular flexibility index (Phi) is 5.06. The van der Waals surface area contributed by atoms with Crippen LogP contribution in [0.25, 0.3) is 16.5 Å². The first-order chi connectivity index (χ1) is 14.1. The van der Waals surface area contributed by atoms with E-state index in [1.165, 1.54) is 10.8 Å². The third-order valence-electron chi connectivity index (χ3n) is 4.48. The van der Waals surface area contributed by atoms with E-state index < -0.39 is 5.97 Å². The molecule has 1 aromatic heterocycles. The van der Waals surface area contributed by atoms with Crippen LogP contribution in [0.1, 0.15) is 10.4 Å². The summed E-state index contributed by atoms with van der Waals surface area (Å²) in [5.41, 5.74) is 0.605. The number of aromatic nitrogens is 1. The fraction of sp³-hybridized carbons (Fsp3) is 0.0435. The molecule has 0 bridgehead atoms. The van der Waals surface area contributed by atoms with Crippen LogP contribution in [-0.2, 0) is 0 Å². The number of nitrogens with zero attached hydrogens (tertiary/aromatic N) is 1. The van der Waals surface area contributed by atoms with E-state index in [2.05, 4.69) is 0 Å². The van der Waals surface area contributed by atoms with Gasteiger partial charge in [-0.3, -0.25) is 9.36 Å². The van der Waals surface area contributed by atoms with Crippen LogP contribution in [0.4, 0.5) is 0 Å². The summed E-state index contributed by atoms with van der Waals surface area (Å²) >= 11 is 5.98. The molecular formula is C23H16ClNO4. The fourth-order valence-electron chi connectivity index (χ4n) is 3.10. The lowest BCUT2D eigenvalue weighted by Gasteiger charge is -2.13. The maximum absolute atomic E-state index is 13.1. The van der Waals surface area contributed by atoms with Crippen LogP contribution in [0, 0.1) is 0 Å². The van der Waals surface area contributed by atoms with Gasteiger partial charge in [0.25, 0.3) is 5.56 Å². The number of hydrogen-bond acceptors (Lipinski definition) is 4. The van der Waals surface area contributed by atoms with Crippen LogP contribution in [0.5, 0.6) is 11.5 Å². The number of pyridine rings is 1. The lowest BCUT2D eigenvalue weighted by Crippen LogP contribution is -2.22. The molecule has 0 N–H and O–H groups in total. The minimum Gasteiger partial charge on any atom is -0.497 e. The summed E-state index contributed by atoms with van der Waals surface area (Å²) in [6.45, 7) is 0. The summed E-state index contributed by atoms with van der Waals surface area (Å²) in [6, 6.07) is 20.6. The highest BCUT2D eigenvalue weighted by Gasteiger charge is 2.17. The number of carbonyl (C=O) groups excluding carboxylic acids is 1. The summed E-state index contributed by atoms with van der Waals surface area (Å²) in [7, 11) is 1.55. The number of methoxy groups -OCH3 is 1. The van der Waals surface area contributed by atoms with Gasteiger partial charge in [0.05, 0.1) is 18.4 Å². The van der Waals surface area contributed by atoms with E-state index in [4.69, 9.17) is 21.1 Å². The summed E-state index contributed by atoms with van der Waals surface area (Å²) in [5, 5.41) is 1.39. The molecule has 0 fully saturated rings. The molecule has 5 nitrogen and oxygen atoms in total. The molecule has 0 atom stereocenters. The smallest absolute Gasteiger partial charge is 0.345 e. The standard InChI is InChI=1S/C23H16ClNO4/c1-28-17-8-5-7-16(13-17)25-14-21(19-10-2-3-11-20(19)22(25)26)23(27)29-18-9-4-6-15(24)12-18/h2-14H,1H3. The number of benzene rings is 3. The molecule has 144 valence electrons. The zero-order chi connectivity index (χ0) is 20.4. The van der Waals surface area contributed by atoms with Crippen LogP contribution in [0.3, 0.4) is 0 Å². The largest absolute Gasteiger partial charge is 0.497 e. The quantitative estimate of drug-likeness (QED) is 0.359.